The van der Waals surface area contributed by atoms with Gasteiger partial charge in [0.2, 0.25) is 5.91 Å². The predicted octanol–water partition coefficient (Wildman–Crippen LogP) is 2.61. The van der Waals surface area contributed by atoms with E-state index in [0.717, 1.165) is 61.2 Å². The van der Waals surface area contributed by atoms with Gasteiger partial charge >= 0.3 is 0 Å². The number of hydrogen-bond donors (Lipinski definition) is 0. The van der Waals surface area contributed by atoms with Crippen LogP contribution >= 0.6 is 11.3 Å². The summed E-state index contributed by atoms with van der Waals surface area (Å²) in [4.78, 5) is 30.2. The summed E-state index contributed by atoms with van der Waals surface area (Å²) in [6.07, 6.45) is 5.73. The maximum Gasteiger partial charge on any atom is 0.228 e. The van der Waals surface area contributed by atoms with Crippen LogP contribution in [0.25, 0.3) is 0 Å². The summed E-state index contributed by atoms with van der Waals surface area (Å²) in [6.45, 7) is 3.09. The van der Waals surface area contributed by atoms with Gasteiger partial charge in [0.25, 0.3) is 0 Å². The first kappa shape index (κ1) is 18.6. The van der Waals surface area contributed by atoms with E-state index >= 15 is 0 Å². The Kier molecular flexibility index (Phi) is 5.92. The van der Waals surface area contributed by atoms with Crippen LogP contribution in [-0.2, 0) is 24.1 Å². The van der Waals surface area contributed by atoms with Crippen molar-refractivity contribution in [3.63, 3.8) is 0 Å². The first-order valence-corrected chi connectivity index (χ1v) is 10.4. The number of rotatable bonds is 6. The molecule has 3 aromatic heterocycles. The van der Waals surface area contributed by atoms with Crippen molar-refractivity contribution in [1.29, 1.82) is 0 Å². The molecule has 0 spiro atoms. The maximum absolute atomic E-state index is 12.6. The number of carbonyl (C=O) groups is 1. The van der Waals surface area contributed by atoms with Gasteiger partial charge in [0.1, 0.15) is 5.82 Å². The van der Waals surface area contributed by atoms with Gasteiger partial charge in [-0.1, -0.05) is 12.1 Å². The molecule has 1 aliphatic heterocycles. The molecule has 0 bridgehead atoms. The maximum atomic E-state index is 12.6. The molecular weight excluding hydrogens is 370 g/mol. The lowest BCUT2D eigenvalue weighted by atomic mass is 10.2. The zero-order valence-corrected chi connectivity index (χ0v) is 16.5. The molecule has 1 fully saturated rings. The number of pyridine rings is 2. The number of carbonyl (C=O) groups excluding carboxylic acids is 1. The van der Waals surface area contributed by atoms with Crippen LogP contribution in [0.1, 0.15) is 16.4 Å². The zero-order chi connectivity index (χ0) is 19.2. The summed E-state index contributed by atoms with van der Waals surface area (Å²) in [5, 5.41) is 3.07. The summed E-state index contributed by atoms with van der Waals surface area (Å²) in [5.74, 6) is 1.13. The largest absolute Gasteiger partial charge is 0.353 e. The summed E-state index contributed by atoms with van der Waals surface area (Å²) >= 11 is 1.63. The van der Waals surface area contributed by atoms with E-state index in [0.29, 0.717) is 6.42 Å². The van der Waals surface area contributed by atoms with E-state index < -0.39 is 0 Å². The van der Waals surface area contributed by atoms with Crippen molar-refractivity contribution in [2.45, 2.75) is 19.3 Å². The smallest absolute Gasteiger partial charge is 0.228 e. The second-order valence-electron chi connectivity index (χ2n) is 6.79. The fourth-order valence-electron chi connectivity index (χ4n) is 3.32. The summed E-state index contributed by atoms with van der Waals surface area (Å²) in [7, 11) is 0. The van der Waals surface area contributed by atoms with Crippen molar-refractivity contribution in [1.82, 2.24) is 19.9 Å². The second-order valence-corrected chi connectivity index (χ2v) is 7.73. The first-order valence-electron chi connectivity index (χ1n) is 9.55. The van der Waals surface area contributed by atoms with Crippen LogP contribution < -0.4 is 4.90 Å². The average molecular weight is 394 g/mol. The molecule has 0 atom stereocenters. The minimum absolute atomic E-state index is 0.155. The highest BCUT2D eigenvalue weighted by Gasteiger charge is 2.22. The molecule has 0 aliphatic carbocycles. The third kappa shape index (κ3) is 4.72. The van der Waals surface area contributed by atoms with Crippen LogP contribution in [0.3, 0.4) is 0 Å². The lowest BCUT2D eigenvalue weighted by Crippen LogP contribution is -2.49. The zero-order valence-electron chi connectivity index (χ0n) is 15.7. The van der Waals surface area contributed by atoms with Crippen molar-refractivity contribution in [2.75, 3.05) is 31.1 Å². The average Bonchev–Trinajstić information content (AvgIpc) is 3.21. The van der Waals surface area contributed by atoms with E-state index in [1.807, 2.05) is 52.9 Å². The van der Waals surface area contributed by atoms with E-state index in [-0.39, 0.29) is 5.91 Å². The number of amides is 1. The minimum Gasteiger partial charge on any atom is -0.353 e. The third-order valence-electron chi connectivity index (χ3n) is 4.86. The summed E-state index contributed by atoms with van der Waals surface area (Å²) < 4.78 is 0. The van der Waals surface area contributed by atoms with Gasteiger partial charge in [-0.2, -0.15) is 0 Å². The highest BCUT2D eigenvalue weighted by Crippen LogP contribution is 2.16. The van der Waals surface area contributed by atoms with Crippen LogP contribution in [0.2, 0.25) is 0 Å². The molecule has 3 aromatic rings. The fourth-order valence-corrected chi connectivity index (χ4v) is 4.12. The van der Waals surface area contributed by atoms with Gasteiger partial charge < -0.3 is 9.80 Å². The van der Waals surface area contributed by atoms with Crippen LogP contribution in [0.4, 0.5) is 5.82 Å². The molecule has 0 aromatic carbocycles. The van der Waals surface area contributed by atoms with Crippen molar-refractivity contribution in [3.05, 3.63) is 70.6 Å². The molecule has 1 amide bonds. The van der Waals surface area contributed by atoms with Crippen LogP contribution in [0, 0.1) is 0 Å². The molecule has 0 radical (unpaired) electrons. The Morgan fingerprint density at radius 3 is 2.43 bits per heavy atom. The Labute approximate surface area is 168 Å². The lowest BCUT2D eigenvalue weighted by molar-refractivity contribution is -0.130. The minimum atomic E-state index is 0.155. The highest BCUT2D eigenvalue weighted by atomic mass is 32.1. The Hall–Kier alpha value is -2.80. The van der Waals surface area contributed by atoms with E-state index in [1.54, 1.807) is 17.5 Å². The monoisotopic (exact) mass is 393 g/mol. The SMILES string of the molecule is O=C(Cc1csc(CCc2ccccn2)n1)N1CCN(c2ccccn2)CC1. The van der Waals surface area contributed by atoms with Gasteiger partial charge in [0.15, 0.2) is 0 Å². The van der Waals surface area contributed by atoms with Gasteiger partial charge in [-0.15, -0.1) is 11.3 Å². The molecule has 1 saturated heterocycles. The standard InChI is InChI=1S/C21H23N5OS/c27-21(26-13-11-25(12-14-26)19-6-2-4-10-23-19)15-18-16-28-20(24-18)8-7-17-5-1-3-9-22-17/h1-6,9-10,16H,7-8,11-15H2. The van der Waals surface area contributed by atoms with E-state index in [9.17, 15) is 4.79 Å². The van der Waals surface area contributed by atoms with Gasteiger partial charge in [-0.25, -0.2) is 9.97 Å². The number of anilines is 1. The van der Waals surface area contributed by atoms with Gasteiger partial charge in [0.05, 0.1) is 17.1 Å². The van der Waals surface area contributed by atoms with Crippen LogP contribution in [-0.4, -0.2) is 51.9 Å². The van der Waals surface area contributed by atoms with Crippen molar-refractivity contribution in [3.8, 4) is 0 Å². The number of thiazole rings is 1. The third-order valence-corrected chi connectivity index (χ3v) is 5.82. The van der Waals surface area contributed by atoms with Gasteiger partial charge in [-0.3, -0.25) is 9.78 Å². The topological polar surface area (TPSA) is 62.2 Å². The molecule has 28 heavy (non-hydrogen) atoms. The quantitative estimate of drug-likeness (QED) is 0.644. The highest BCUT2D eigenvalue weighted by molar-refractivity contribution is 7.09. The summed E-state index contributed by atoms with van der Waals surface area (Å²) in [6, 6.07) is 11.9. The predicted molar refractivity (Wildman–Crippen MR) is 110 cm³/mol. The Bertz CT molecular complexity index is 891. The molecule has 7 heteroatoms. The molecule has 144 valence electrons. The van der Waals surface area contributed by atoms with Crippen molar-refractivity contribution >= 4 is 23.1 Å². The normalized spacial score (nSPS) is 14.3. The summed E-state index contributed by atoms with van der Waals surface area (Å²) in [5.41, 5.74) is 1.94. The van der Waals surface area contributed by atoms with Crippen LogP contribution in [0.15, 0.2) is 54.2 Å². The number of piperazine rings is 1. The molecule has 6 nitrogen and oxygen atoms in total. The van der Waals surface area contributed by atoms with E-state index in [2.05, 4.69) is 19.9 Å². The Balaban J connectivity index is 1.26. The van der Waals surface area contributed by atoms with Crippen molar-refractivity contribution < 1.29 is 4.79 Å². The number of aromatic nitrogens is 3. The number of nitrogens with zero attached hydrogens (tertiary/aromatic N) is 5. The van der Waals surface area contributed by atoms with Gasteiger partial charge in [0, 0.05) is 56.1 Å². The molecule has 4 rings (SSSR count). The molecular formula is C21H23N5OS. The lowest BCUT2D eigenvalue weighted by Gasteiger charge is -2.35. The molecule has 1 aliphatic rings. The van der Waals surface area contributed by atoms with E-state index in [1.165, 1.54) is 0 Å². The number of aryl methyl sites for hydroxylation is 2. The second kappa shape index (κ2) is 8.93. The molecule has 4 heterocycles. The number of hydrogen-bond acceptors (Lipinski definition) is 6. The molecule has 0 unspecified atom stereocenters. The van der Waals surface area contributed by atoms with Crippen LogP contribution in [0.5, 0.6) is 0 Å². The van der Waals surface area contributed by atoms with Gasteiger partial charge in [-0.05, 0) is 30.7 Å². The Morgan fingerprint density at radius 2 is 1.71 bits per heavy atom. The fraction of sp³-hybridized carbons (Fsp3) is 0.333. The Morgan fingerprint density at radius 1 is 0.929 bits per heavy atom. The van der Waals surface area contributed by atoms with Crippen molar-refractivity contribution in [2.24, 2.45) is 0 Å². The van der Waals surface area contributed by atoms with E-state index in [4.69, 9.17) is 0 Å². The first-order chi connectivity index (χ1) is 13.8. The molecule has 0 N–H and O–H groups in total. The molecule has 0 saturated carbocycles.